The molecule has 0 aromatic carbocycles. The van der Waals surface area contributed by atoms with Gasteiger partial charge in [-0.15, -0.1) is 0 Å². The molecule has 0 amide bonds. The summed E-state index contributed by atoms with van der Waals surface area (Å²) in [7, 11) is 0. The first-order valence-electron chi connectivity index (χ1n) is 5.44. The van der Waals surface area contributed by atoms with Crippen LogP contribution in [0.3, 0.4) is 0 Å². The molecule has 0 saturated carbocycles. The Bertz CT molecular complexity index is 163. The van der Waals surface area contributed by atoms with Crippen molar-refractivity contribution in [3.63, 3.8) is 0 Å². The fraction of sp³-hybridized carbons (Fsp3) is 1.00. The van der Waals surface area contributed by atoms with E-state index >= 15 is 0 Å². The molecule has 0 aromatic heterocycles. The molecule has 1 aliphatic rings. The van der Waals surface area contributed by atoms with Crippen LogP contribution in [0.1, 0.15) is 41.0 Å². The minimum atomic E-state index is 0.296. The van der Waals surface area contributed by atoms with Crippen LogP contribution >= 0.6 is 0 Å². The Morgan fingerprint density at radius 3 is 2.54 bits per heavy atom. The van der Waals surface area contributed by atoms with E-state index in [9.17, 15) is 0 Å². The summed E-state index contributed by atoms with van der Waals surface area (Å²) in [4.78, 5) is 2.63. The first kappa shape index (κ1) is 11.0. The zero-order valence-corrected chi connectivity index (χ0v) is 9.72. The first-order chi connectivity index (χ1) is 5.95. The molecule has 78 valence electrons. The van der Waals surface area contributed by atoms with Gasteiger partial charge in [-0.05, 0) is 47.6 Å². The SMILES string of the molecule is CC(C)N1C(C)CCNCC1(C)C. The normalized spacial score (nSPS) is 30.5. The van der Waals surface area contributed by atoms with Gasteiger partial charge in [-0.1, -0.05) is 0 Å². The highest BCUT2D eigenvalue weighted by Crippen LogP contribution is 2.23. The van der Waals surface area contributed by atoms with Crippen LogP contribution in [0.15, 0.2) is 0 Å². The highest BCUT2D eigenvalue weighted by molar-refractivity contribution is 4.91. The molecule has 13 heavy (non-hydrogen) atoms. The second-order valence-electron chi connectivity index (χ2n) is 5.13. The van der Waals surface area contributed by atoms with Crippen molar-refractivity contribution in [1.82, 2.24) is 10.2 Å². The third-order valence-corrected chi connectivity index (χ3v) is 3.03. The molecule has 1 saturated heterocycles. The van der Waals surface area contributed by atoms with Crippen molar-refractivity contribution in [3.05, 3.63) is 0 Å². The molecule has 1 atom stereocenters. The number of nitrogens with one attached hydrogen (secondary N) is 1. The Balaban J connectivity index is 2.80. The smallest absolute Gasteiger partial charge is 0.0283 e. The van der Waals surface area contributed by atoms with Crippen molar-refractivity contribution >= 4 is 0 Å². The van der Waals surface area contributed by atoms with Gasteiger partial charge in [0.05, 0.1) is 0 Å². The van der Waals surface area contributed by atoms with Gasteiger partial charge in [0, 0.05) is 24.2 Å². The molecule has 0 spiro atoms. The summed E-state index contributed by atoms with van der Waals surface area (Å²) in [6.45, 7) is 13.9. The summed E-state index contributed by atoms with van der Waals surface area (Å²) in [5.74, 6) is 0. The van der Waals surface area contributed by atoms with E-state index in [1.165, 1.54) is 6.42 Å². The van der Waals surface area contributed by atoms with Gasteiger partial charge >= 0.3 is 0 Å². The second-order valence-corrected chi connectivity index (χ2v) is 5.13. The van der Waals surface area contributed by atoms with Gasteiger partial charge < -0.3 is 5.32 Å². The Morgan fingerprint density at radius 1 is 1.38 bits per heavy atom. The lowest BCUT2D eigenvalue weighted by Crippen LogP contribution is -2.54. The average Bonchev–Trinajstić information content (AvgIpc) is 2.07. The molecule has 0 radical (unpaired) electrons. The summed E-state index contributed by atoms with van der Waals surface area (Å²) in [5, 5.41) is 3.51. The molecule has 1 rings (SSSR count). The third kappa shape index (κ3) is 2.44. The predicted molar refractivity (Wildman–Crippen MR) is 58.0 cm³/mol. The Morgan fingerprint density at radius 2 is 2.00 bits per heavy atom. The summed E-state index contributed by atoms with van der Waals surface area (Å²) < 4.78 is 0. The lowest BCUT2D eigenvalue weighted by molar-refractivity contribution is 0.0549. The summed E-state index contributed by atoms with van der Waals surface area (Å²) in [5.41, 5.74) is 0.296. The van der Waals surface area contributed by atoms with Gasteiger partial charge in [0.25, 0.3) is 0 Å². The van der Waals surface area contributed by atoms with E-state index < -0.39 is 0 Å². The zero-order chi connectivity index (χ0) is 10.1. The molecule has 1 heterocycles. The van der Waals surface area contributed by atoms with E-state index in [2.05, 4.69) is 44.8 Å². The van der Waals surface area contributed by atoms with Gasteiger partial charge in [0.15, 0.2) is 0 Å². The summed E-state index contributed by atoms with van der Waals surface area (Å²) in [6, 6.07) is 1.34. The van der Waals surface area contributed by atoms with Gasteiger partial charge in [-0.3, -0.25) is 4.90 Å². The molecule has 1 aliphatic heterocycles. The van der Waals surface area contributed by atoms with Crippen molar-refractivity contribution in [2.75, 3.05) is 13.1 Å². The first-order valence-corrected chi connectivity index (χ1v) is 5.44. The topological polar surface area (TPSA) is 15.3 Å². The van der Waals surface area contributed by atoms with E-state index in [4.69, 9.17) is 0 Å². The van der Waals surface area contributed by atoms with Gasteiger partial charge in [0.1, 0.15) is 0 Å². The molecule has 1 N–H and O–H groups in total. The monoisotopic (exact) mass is 184 g/mol. The van der Waals surface area contributed by atoms with Crippen LogP contribution in [-0.2, 0) is 0 Å². The Labute approximate surface area is 82.7 Å². The van der Waals surface area contributed by atoms with E-state index in [0.717, 1.165) is 13.1 Å². The van der Waals surface area contributed by atoms with Crippen LogP contribution in [0.5, 0.6) is 0 Å². The minimum absolute atomic E-state index is 0.296. The van der Waals surface area contributed by atoms with Crippen LogP contribution in [-0.4, -0.2) is 35.6 Å². The van der Waals surface area contributed by atoms with Crippen LogP contribution in [0.2, 0.25) is 0 Å². The third-order valence-electron chi connectivity index (χ3n) is 3.03. The minimum Gasteiger partial charge on any atom is -0.315 e. The Kier molecular flexibility index (Phi) is 3.36. The van der Waals surface area contributed by atoms with E-state index in [-0.39, 0.29) is 0 Å². The largest absolute Gasteiger partial charge is 0.315 e. The lowest BCUT2D eigenvalue weighted by Gasteiger charge is -2.43. The van der Waals surface area contributed by atoms with Crippen molar-refractivity contribution in [3.8, 4) is 0 Å². The lowest BCUT2D eigenvalue weighted by atomic mass is 9.98. The molecule has 0 aromatic rings. The number of rotatable bonds is 1. The molecule has 0 aliphatic carbocycles. The number of nitrogens with zero attached hydrogens (tertiary/aromatic N) is 1. The van der Waals surface area contributed by atoms with E-state index in [0.29, 0.717) is 17.6 Å². The quantitative estimate of drug-likeness (QED) is 0.669. The molecule has 2 heteroatoms. The summed E-state index contributed by atoms with van der Waals surface area (Å²) >= 11 is 0. The second kappa shape index (κ2) is 3.97. The van der Waals surface area contributed by atoms with Gasteiger partial charge in [0.2, 0.25) is 0 Å². The maximum Gasteiger partial charge on any atom is 0.0283 e. The predicted octanol–water partition coefficient (Wildman–Crippen LogP) is 1.86. The number of hydrogen-bond acceptors (Lipinski definition) is 2. The average molecular weight is 184 g/mol. The van der Waals surface area contributed by atoms with Crippen molar-refractivity contribution in [2.45, 2.75) is 58.7 Å². The fourth-order valence-electron chi connectivity index (χ4n) is 2.74. The highest BCUT2D eigenvalue weighted by atomic mass is 15.3. The van der Waals surface area contributed by atoms with Crippen molar-refractivity contribution in [1.29, 1.82) is 0 Å². The molecule has 2 nitrogen and oxygen atoms in total. The van der Waals surface area contributed by atoms with E-state index in [1.54, 1.807) is 0 Å². The van der Waals surface area contributed by atoms with Gasteiger partial charge in [-0.25, -0.2) is 0 Å². The van der Waals surface area contributed by atoms with Crippen LogP contribution < -0.4 is 5.32 Å². The molecule has 1 unspecified atom stereocenters. The molecule has 1 fully saturated rings. The van der Waals surface area contributed by atoms with Crippen LogP contribution in [0.25, 0.3) is 0 Å². The maximum atomic E-state index is 3.51. The van der Waals surface area contributed by atoms with Crippen LogP contribution in [0.4, 0.5) is 0 Å². The Hall–Kier alpha value is -0.0800. The highest BCUT2D eigenvalue weighted by Gasteiger charge is 2.33. The zero-order valence-electron chi connectivity index (χ0n) is 9.72. The standard InChI is InChI=1S/C11H24N2/c1-9(2)13-10(3)6-7-12-8-11(13,4)5/h9-10,12H,6-8H2,1-5H3. The fourth-order valence-corrected chi connectivity index (χ4v) is 2.74. The van der Waals surface area contributed by atoms with E-state index in [1.807, 2.05) is 0 Å². The van der Waals surface area contributed by atoms with Gasteiger partial charge in [-0.2, -0.15) is 0 Å². The molecular weight excluding hydrogens is 160 g/mol. The van der Waals surface area contributed by atoms with Crippen molar-refractivity contribution < 1.29 is 0 Å². The van der Waals surface area contributed by atoms with Crippen LogP contribution in [0, 0.1) is 0 Å². The molecule has 0 bridgehead atoms. The summed E-state index contributed by atoms with van der Waals surface area (Å²) in [6.07, 6.45) is 1.27. The van der Waals surface area contributed by atoms with Crippen molar-refractivity contribution in [2.24, 2.45) is 0 Å². The maximum absolute atomic E-state index is 3.51. The number of hydrogen-bond donors (Lipinski definition) is 1. The molecular formula is C11H24N2.